The number of carbonyl (C=O) groups is 2. The summed E-state index contributed by atoms with van der Waals surface area (Å²) in [5.41, 5.74) is 8.13. The Morgan fingerprint density at radius 1 is 1.15 bits per heavy atom. The highest BCUT2D eigenvalue weighted by atomic mass is 16.2. The molecule has 1 aliphatic heterocycles. The van der Waals surface area contributed by atoms with Crippen LogP contribution in [0, 0.1) is 5.92 Å². The van der Waals surface area contributed by atoms with E-state index in [0.29, 0.717) is 32.0 Å². The summed E-state index contributed by atoms with van der Waals surface area (Å²) in [6.45, 7) is 5.32. The van der Waals surface area contributed by atoms with Gasteiger partial charge < -0.3 is 16.0 Å². The van der Waals surface area contributed by atoms with Crippen LogP contribution in [0.3, 0.4) is 0 Å². The zero-order chi connectivity index (χ0) is 19.2. The van der Waals surface area contributed by atoms with E-state index in [0.717, 1.165) is 50.0 Å². The molecule has 1 saturated carbocycles. The zero-order valence-electron chi connectivity index (χ0n) is 16.3. The molecule has 1 aliphatic carbocycles. The first kappa shape index (κ1) is 19.8. The van der Waals surface area contributed by atoms with Crippen molar-refractivity contribution in [2.75, 3.05) is 38.0 Å². The lowest BCUT2D eigenvalue weighted by Gasteiger charge is -2.35. The summed E-state index contributed by atoms with van der Waals surface area (Å²) >= 11 is 0. The van der Waals surface area contributed by atoms with E-state index in [1.807, 2.05) is 29.2 Å². The Morgan fingerprint density at radius 2 is 1.89 bits per heavy atom. The predicted molar refractivity (Wildman–Crippen MR) is 107 cm³/mol. The SMILES string of the molecule is CCc1ccccc1NC(=O)CN1CCN(C(=O)C[C@@H]2CCC[C@H]2N)CC1. The van der Waals surface area contributed by atoms with Crippen molar-refractivity contribution in [3.05, 3.63) is 29.8 Å². The van der Waals surface area contributed by atoms with Crippen molar-refractivity contribution in [3.63, 3.8) is 0 Å². The molecule has 148 valence electrons. The van der Waals surface area contributed by atoms with Gasteiger partial charge in [-0.05, 0) is 36.8 Å². The number of nitrogens with one attached hydrogen (secondary N) is 1. The molecule has 1 saturated heterocycles. The molecule has 2 fully saturated rings. The van der Waals surface area contributed by atoms with Crippen molar-refractivity contribution in [2.24, 2.45) is 11.7 Å². The van der Waals surface area contributed by atoms with Crippen LogP contribution in [0.4, 0.5) is 5.69 Å². The lowest BCUT2D eigenvalue weighted by atomic mass is 9.99. The van der Waals surface area contributed by atoms with E-state index < -0.39 is 0 Å². The van der Waals surface area contributed by atoms with Gasteiger partial charge in [-0.1, -0.05) is 31.5 Å². The summed E-state index contributed by atoms with van der Waals surface area (Å²) in [5, 5.41) is 3.02. The zero-order valence-corrected chi connectivity index (χ0v) is 16.3. The van der Waals surface area contributed by atoms with Crippen LogP contribution < -0.4 is 11.1 Å². The van der Waals surface area contributed by atoms with E-state index in [2.05, 4.69) is 17.1 Å². The third kappa shape index (κ3) is 5.30. The van der Waals surface area contributed by atoms with Crippen LogP contribution >= 0.6 is 0 Å². The second-order valence-corrected chi connectivity index (χ2v) is 7.77. The van der Waals surface area contributed by atoms with E-state index in [4.69, 9.17) is 5.73 Å². The molecule has 3 rings (SSSR count). The molecular formula is C21H32N4O2. The summed E-state index contributed by atoms with van der Waals surface area (Å²) in [6.07, 6.45) is 4.73. The van der Waals surface area contributed by atoms with Crippen molar-refractivity contribution in [2.45, 2.75) is 45.1 Å². The fourth-order valence-electron chi connectivity index (χ4n) is 4.17. The number of nitrogens with two attached hydrogens (primary N) is 1. The van der Waals surface area contributed by atoms with E-state index in [9.17, 15) is 9.59 Å². The number of anilines is 1. The maximum Gasteiger partial charge on any atom is 0.238 e. The van der Waals surface area contributed by atoms with Crippen LogP contribution in [-0.2, 0) is 16.0 Å². The maximum absolute atomic E-state index is 12.5. The van der Waals surface area contributed by atoms with Crippen molar-refractivity contribution in [1.82, 2.24) is 9.80 Å². The molecule has 2 amide bonds. The molecule has 2 aliphatic rings. The quantitative estimate of drug-likeness (QED) is 0.799. The number of carbonyl (C=O) groups excluding carboxylic acids is 2. The number of piperazine rings is 1. The van der Waals surface area contributed by atoms with Gasteiger partial charge in [0.2, 0.25) is 11.8 Å². The fourth-order valence-corrected chi connectivity index (χ4v) is 4.17. The predicted octanol–water partition coefficient (Wildman–Crippen LogP) is 1.85. The number of amides is 2. The van der Waals surface area contributed by atoms with Gasteiger partial charge in [-0.3, -0.25) is 14.5 Å². The lowest BCUT2D eigenvalue weighted by Crippen LogP contribution is -2.51. The highest BCUT2D eigenvalue weighted by Gasteiger charge is 2.29. The first-order chi connectivity index (χ1) is 13.1. The number of benzene rings is 1. The number of hydrogen-bond donors (Lipinski definition) is 2. The van der Waals surface area contributed by atoms with E-state index >= 15 is 0 Å². The Labute approximate surface area is 162 Å². The van der Waals surface area contributed by atoms with Crippen molar-refractivity contribution in [3.8, 4) is 0 Å². The summed E-state index contributed by atoms with van der Waals surface area (Å²) in [4.78, 5) is 29.0. The van der Waals surface area contributed by atoms with Crippen molar-refractivity contribution in [1.29, 1.82) is 0 Å². The summed E-state index contributed by atoms with van der Waals surface area (Å²) in [6, 6.07) is 8.10. The van der Waals surface area contributed by atoms with Crippen molar-refractivity contribution < 1.29 is 9.59 Å². The van der Waals surface area contributed by atoms with Crippen LogP contribution in [0.5, 0.6) is 0 Å². The molecule has 6 nitrogen and oxygen atoms in total. The number of rotatable bonds is 6. The minimum Gasteiger partial charge on any atom is -0.340 e. The molecule has 0 bridgehead atoms. The molecule has 1 aromatic carbocycles. The molecule has 3 N–H and O–H groups in total. The average molecular weight is 373 g/mol. The van der Waals surface area contributed by atoms with Gasteiger partial charge in [-0.25, -0.2) is 0 Å². The average Bonchev–Trinajstić information content (AvgIpc) is 3.07. The van der Waals surface area contributed by atoms with Gasteiger partial charge in [-0.2, -0.15) is 0 Å². The minimum absolute atomic E-state index is 0.00704. The Hall–Kier alpha value is -1.92. The van der Waals surface area contributed by atoms with Gasteiger partial charge in [0, 0.05) is 44.3 Å². The van der Waals surface area contributed by atoms with Gasteiger partial charge in [0.25, 0.3) is 0 Å². The standard InChI is InChI=1S/C21H32N4O2/c1-2-16-6-3-4-9-19(16)23-20(26)15-24-10-12-25(13-11-24)21(27)14-17-7-5-8-18(17)22/h3-4,6,9,17-18H,2,5,7-8,10-15,22H2,1H3,(H,23,26)/t17-,18+/m0/s1. The Balaban J connectivity index is 1.42. The van der Waals surface area contributed by atoms with Gasteiger partial charge in [0.1, 0.15) is 0 Å². The second kappa shape index (κ2) is 9.33. The topological polar surface area (TPSA) is 78.7 Å². The van der Waals surface area contributed by atoms with Crippen LogP contribution in [0.1, 0.15) is 38.2 Å². The molecule has 0 radical (unpaired) electrons. The third-order valence-corrected chi connectivity index (χ3v) is 5.92. The summed E-state index contributed by atoms with van der Waals surface area (Å²) in [7, 11) is 0. The Bertz CT molecular complexity index is 655. The largest absolute Gasteiger partial charge is 0.340 e. The van der Waals surface area contributed by atoms with E-state index in [1.54, 1.807) is 0 Å². The summed E-state index contributed by atoms with van der Waals surface area (Å²) in [5.74, 6) is 0.575. The van der Waals surface area contributed by atoms with Gasteiger partial charge in [0.15, 0.2) is 0 Å². The van der Waals surface area contributed by atoms with Crippen LogP contribution in [0.2, 0.25) is 0 Å². The highest BCUT2D eigenvalue weighted by molar-refractivity contribution is 5.93. The molecule has 1 aromatic rings. The molecule has 2 atom stereocenters. The van der Waals surface area contributed by atoms with Gasteiger partial charge in [-0.15, -0.1) is 0 Å². The van der Waals surface area contributed by atoms with Crippen LogP contribution in [-0.4, -0.2) is 60.4 Å². The molecule has 0 aromatic heterocycles. The molecule has 1 heterocycles. The number of aryl methyl sites for hydroxylation is 1. The maximum atomic E-state index is 12.5. The van der Waals surface area contributed by atoms with E-state index in [1.165, 1.54) is 0 Å². The Morgan fingerprint density at radius 3 is 2.56 bits per heavy atom. The van der Waals surface area contributed by atoms with Gasteiger partial charge in [0.05, 0.1) is 6.54 Å². The lowest BCUT2D eigenvalue weighted by molar-refractivity contribution is -0.134. The fraction of sp³-hybridized carbons (Fsp3) is 0.619. The second-order valence-electron chi connectivity index (χ2n) is 7.77. The van der Waals surface area contributed by atoms with Gasteiger partial charge >= 0.3 is 0 Å². The normalized spacial score (nSPS) is 23.4. The molecule has 27 heavy (non-hydrogen) atoms. The monoisotopic (exact) mass is 372 g/mol. The first-order valence-electron chi connectivity index (χ1n) is 10.2. The van der Waals surface area contributed by atoms with Crippen LogP contribution in [0.25, 0.3) is 0 Å². The molecular weight excluding hydrogens is 340 g/mol. The van der Waals surface area contributed by atoms with E-state index in [-0.39, 0.29) is 17.9 Å². The summed E-state index contributed by atoms with van der Waals surface area (Å²) < 4.78 is 0. The first-order valence-corrected chi connectivity index (χ1v) is 10.2. The third-order valence-electron chi connectivity index (χ3n) is 5.92. The minimum atomic E-state index is 0.00704. The Kier molecular flexibility index (Phi) is 6.85. The number of nitrogens with zero attached hydrogens (tertiary/aromatic N) is 2. The van der Waals surface area contributed by atoms with Crippen LogP contribution in [0.15, 0.2) is 24.3 Å². The van der Waals surface area contributed by atoms with Crippen molar-refractivity contribution >= 4 is 17.5 Å². The molecule has 0 spiro atoms. The number of hydrogen-bond acceptors (Lipinski definition) is 4. The highest BCUT2D eigenvalue weighted by Crippen LogP contribution is 2.27. The smallest absolute Gasteiger partial charge is 0.238 e. The molecule has 0 unspecified atom stereocenters. The molecule has 6 heteroatoms. The number of para-hydroxylation sites is 1.